The lowest BCUT2D eigenvalue weighted by atomic mass is 9.94. The molecule has 3 nitrogen and oxygen atoms in total. The molecule has 0 radical (unpaired) electrons. The first-order valence-corrected chi connectivity index (χ1v) is 6.50. The highest BCUT2D eigenvalue weighted by Gasteiger charge is 2.23. The Morgan fingerprint density at radius 1 is 1.57 bits per heavy atom. The van der Waals surface area contributed by atoms with Gasteiger partial charge >= 0.3 is 0 Å². The molecule has 4 heteroatoms. The SMILES string of the molecule is CSC1CCCC(NC(C)C(N)=O)C1. The van der Waals surface area contributed by atoms with Gasteiger partial charge in [-0.25, -0.2) is 0 Å². The van der Waals surface area contributed by atoms with E-state index in [-0.39, 0.29) is 11.9 Å². The minimum atomic E-state index is -0.253. The second-order valence-corrected chi connectivity index (χ2v) is 5.15. The van der Waals surface area contributed by atoms with Gasteiger partial charge in [0.25, 0.3) is 0 Å². The smallest absolute Gasteiger partial charge is 0.234 e. The number of nitrogens with two attached hydrogens (primary N) is 1. The maximum absolute atomic E-state index is 10.9. The zero-order chi connectivity index (χ0) is 10.6. The van der Waals surface area contributed by atoms with Gasteiger partial charge in [0.2, 0.25) is 5.91 Å². The van der Waals surface area contributed by atoms with E-state index in [0.29, 0.717) is 6.04 Å². The molecule has 82 valence electrons. The topological polar surface area (TPSA) is 55.1 Å². The van der Waals surface area contributed by atoms with E-state index >= 15 is 0 Å². The summed E-state index contributed by atoms with van der Waals surface area (Å²) in [4.78, 5) is 10.9. The molecule has 0 saturated heterocycles. The van der Waals surface area contributed by atoms with Crippen molar-refractivity contribution in [2.45, 2.75) is 49.9 Å². The van der Waals surface area contributed by atoms with Gasteiger partial charge in [0.05, 0.1) is 6.04 Å². The number of thioether (sulfide) groups is 1. The third-order valence-corrected chi connectivity index (χ3v) is 3.97. The fourth-order valence-corrected chi connectivity index (χ4v) is 2.77. The molecule has 0 heterocycles. The summed E-state index contributed by atoms with van der Waals surface area (Å²) >= 11 is 1.93. The first kappa shape index (κ1) is 11.9. The van der Waals surface area contributed by atoms with Crippen molar-refractivity contribution in [3.05, 3.63) is 0 Å². The van der Waals surface area contributed by atoms with Crippen LogP contribution in [0, 0.1) is 0 Å². The van der Waals surface area contributed by atoms with Crippen molar-refractivity contribution in [3.63, 3.8) is 0 Å². The monoisotopic (exact) mass is 216 g/mol. The maximum Gasteiger partial charge on any atom is 0.234 e. The maximum atomic E-state index is 10.9. The molecule has 1 saturated carbocycles. The van der Waals surface area contributed by atoms with Gasteiger partial charge in [-0.2, -0.15) is 11.8 Å². The van der Waals surface area contributed by atoms with Crippen LogP contribution in [0.3, 0.4) is 0 Å². The average molecular weight is 216 g/mol. The Bertz CT molecular complexity index is 199. The summed E-state index contributed by atoms with van der Waals surface area (Å²) in [6.45, 7) is 1.84. The van der Waals surface area contributed by atoms with Crippen molar-refractivity contribution in [1.82, 2.24) is 5.32 Å². The molecule has 0 aromatic rings. The highest BCUT2D eigenvalue weighted by atomic mass is 32.2. The molecule has 1 aliphatic rings. The molecule has 0 spiro atoms. The highest BCUT2D eigenvalue weighted by molar-refractivity contribution is 7.99. The number of carbonyl (C=O) groups is 1. The Morgan fingerprint density at radius 3 is 2.86 bits per heavy atom. The summed E-state index contributed by atoms with van der Waals surface area (Å²) in [6, 6.07) is 0.282. The fraction of sp³-hybridized carbons (Fsp3) is 0.900. The van der Waals surface area contributed by atoms with Gasteiger partial charge < -0.3 is 11.1 Å². The van der Waals surface area contributed by atoms with Crippen molar-refractivity contribution >= 4 is 17.7 Å². The van der Waals surface area contributed by atoms with E-state index in [1.165, 1.54) is 25.7 Å². The van der Waals surface area contributed by atoms with Crippen LogP contribution in [0.1, 0.15) is 32.6 Å². The Hall–Kier alpha value is -0.220. The van der Waals surface area contributed by atoms with Crippen LogP contribution in [0.25, 0.3) is 0 Å². The van der Waals surface area contributed by atoms with Crippen LogP contribution in [-0.4, -0.2) is 29.5 Å². The lowest BCUT2D eigenvalue weighted by Gasteiger charge is -2.30. The van der Waals surface area contributed by atoms with Crippen LogP contribution in [0.5, 0.6) is 0 Å². The quantitative estimate of drug-likeness (QED) is 0.740. The van der Waals surface area contributed by atoms with Gasteiger partial charge in [-0.05, 0) is 32.4 Å². The Balaban J connectivity index is 2.33. The van der Waals surface area contributed by atoms with E-state index in [4.69, 9.17) is 5.73 Å². The molecule has 0 aromatic heterocycles. The normalized spacial score (nSPS) is 29.9. The second kappa shape index (κ2) is 5.61. The molecule has 14 heavy (non-hydrogen) atoms. The van der Waals surface area contributed by atoms with Crippen molar-refractivity contribution in [1.29, 1.82) is 0 Å². The standard InChI is InChI=1S/C10H20N2OS/c1-7(10(11)13)12-8-4-3-5-9(6-8)14-2/h7-9,12H,3-6H2,1-2H3,(H2,11,13). The van der Waals surface area contributed by atoms with E-state index in [1.54, 1.807) is 0 Å². The van der Waals surface area contributed by atoms with Crippen LogP contribution in [-0.2, 0) is 4.79 Å². The van der Waals surface area contributed by atoms with Crippen LogP contribution >= 0.6 is 11.8 Å². The summed E-state index contributed by atoms with van der Waals surface area (Å²) in [6.07, 6.45) is 7.07. The van der Waals surface area contributed by atoms with E-state index in [1.807, 2.05) is 18.7 Å². The number of hydrogen-bond acceptors (Lipinski definition) is 3. The van der Waals surface area contributed by atoms with Gasteiger partial charge in [-0.15, -0.1) is 0 Å². The molecule has 1 amide bonds. The van der Waals surface area contributed by atoms with Gasteiger partial charge in [-0.1, -0.05) is 6.42 Å². The minimum absolute atomic E-state index is 0.194. The summed E-state index contributed by atoms with van der Waals surface area (Å²) in [5, 5.41) is 4.05. The highest BCUT2D eigenvalue weighted by Crippen LogP contribution is 2.26. The van der Waals surface area contributed by atoms with Gasteiger partial charge in [0, 0.05) is 11.3 Å². The van der Waals surface area contributed by atoms with Gasteiger partial charge in [-0.3, -0.25) is 4.79 Å². The molecule has 0 aliphatic heterocycles. The van der Waals surface area contributed by atoms with Gasteiger partial charge in [0.1, 0.15) is 0 Å². The summed E-state index contributed by atoms with van der Waals surface area (Å²) in [7, 11) is 0. The van der Waals surface area contributed by atoms with E-state index in [9.17, 15) is 4.79 Å². The molecule has 3 N–H and O–H groups in total. The first-order valence-electron chi connectivity index (χ1n) is 5.21. The van der Waals surface area contributed by atoms with E-state index < -0.39 is 0 Å². The zero-order valence-electron chi connectivity index (χ0n) is 8.95. The van der Waals surface area contributed by atoms with Crippen LogP contribution in [0.2, 0.25) is 0 Å². The number of hydrogen-bond donors (Lipinski definition) is 2. The molecular weight excluding hydrogens is 196 g/mol. The Labute approximate surface area is 90.2 Å². The largest absolute Gasteiger partial charge is 0.368 e. The van der Waals surface area contributed by atoms with Crippen LogP contribution < -0.4 is 11.1 Å². The summed E-state index contributed by atoms with van der Waals surface area (Å²) in [5.41, 5.74) is 5.21. The molecule has 3 unspecified atom stereocenters. The third kappa shape index (κ3) is 3.50. The molecule has 0 aromatic carbocycles. The van der Waals surface area contributed by atoms with Crippen molar-refractivity contribution in [3.8, 4) is 0 Å². The second-order valence-electron chi connectivity index (χ2n) is 4.01. The lowest BCUT2D eigenvalue weighted by molar-refractivity contribution is -0.119. The number of rotatable bonds is 4. The first-order chi connectivity index (χ1) is 6.63. The third-order valence-electron chi connectivity index (χ3n) is 2.87. The molecule has 0 bridgehead atoms. The number of carbonyl (C=O) groups excluding carboxylic acids is 1. The van der Waals surface area contributed by atoms with Crippen molar-refractivity contribution in [2.75, 3.05) is 6.26 Å². The molecule has 3 atom stereocenters. The van der Waals surface area contributed by atoms with Gasteiger partial charge in [0.15, 0.2) is 0 Å². The Morgan fingerprint density at radius 2 is 2.29 bits per heavy atom. The number of primary amides is 1. The average Bonchev–Trinajstić information content (AvgIpc) is 2.18. The minimum Gasteiger partial charge on any atom is -0.368 e. The van der Waals surface area contributed by atoms with E-state index in [0.717, 1.165) is 5.25 Å². The molecule has 1 aliphatic carbocycles. The Kier molecular flexibility index (Phi) is 4.75. The van der Waals surface area contributed by atoms with Crippen LogP contribution in [0.4, 0.5) is 0 Å². The van der Waals surface area contributed by atoms with Crippen LogP contribution in [0.15, 0.2) is 0 Å². The lowest BCUT2D eigenvalue weighted by Crippen LogP contribution is -2.46. The number of amides is 1. The predicted octanol–water partition coefficient (Wildman–Crippen LogP) is 1.12. The fourth-order valence-electron chi connectivity index (χ4n) is 1.95. The van der Waals surface area contributed by atoms with Crippen molar-refractivity contribution in [2.24, 2.45) is 5.73 Å². The number of nitrogens with one attached hydrogen (secondary N) is 1. The van der Waals surface area contributed by atoms with E-state index in [2.05, 4.69) is 11.6 Å². The predicted molar refractivity (Wildman–Crippen MR) is 61.4 cm³/mol. The molecule has 1 fully saturated rings. The molecular formula is C10H20N2OS. The molecule has 1 rings (SSSR count). The summed E-state index contributed by atoms with van der Waals surface area (Å²) in [5.74, 6) is -0.253. The zero-order valence-corrected chi connectivity index (χ0v) is 9.77. The summed E-state index contributed by atoms with van der Waals surface area (Å²) < 4.78 is 0. The van der Waals surface area contributed by atoms with Crippen molar-refractivity contribution < 1.29 is 4.79 Å².